The molecule has 0 bridgehead atoms. The van der Waals surface area contributed by atoms with Gasteiger partial charge in [0.25, 0.3) is 0 Å². The molecule has 3 nitrogen and oxygen atoms in total. The smallest absolute Gasteiger partial charge is 0.152 e. The van der Waals surface area contributed by atoms with Crippen molar-refractivity contribution in [1.29, 1.82) is 0 Å². The molecule has 2 aliphatic heterocycles. The second-order valence-corrected chi connectivity index (χ2v) is 13.5. The van der Waals surface area contributed by atoms with E-state index in [2.05, 4.69) is 0 Å². The van der Waals surface area contributed by atoms with E-state index in [4.69, 9.17) is 33.5 Å². The first kappa shape index (κ1) is 12.6. The van der Waals surface area contributed by atoms with Gasteiger partial charge in [-0.25, -0.2) is 0 Å². The number of hydrogen-bond donors (Lipinski definition) is 0. The number of benzene rings is 9. The first-order chi connectivity index (χ1) is 48.1. The number of fused-ring (bicyclic) bond motifs is 9. The van der Waals surface area contributed by atoms with Gasteiger partial charge in [-0.05, 0) is 115 Å². The van der Waals surface area contributed by atoms with Crippen LogP contribution in [0.1, 0.15) is 110 Å². The second-order valence-electron chi connectivity index (χ2n) is 13.5. The second kappa shape index (κ2) is 13.1. The predicted octanol–water partition coefficient (Wildman–Crippen LogP) is 16.2. The Kier molecular flexibility index (Phi) is 2.70. The lowest BCUT2D eigenvalue weighted by molar-refractivity contribution is 0.472. The third kappa shape index (κ3) is 5.23. The van der Waals surface area contributed by atoms with Crippen molar-refractivity contribution in [3.63, 3.8) is 0 Å². The summed E-state index contributed by atoms with van der Waals surface area (Å²) in [7, 11) is 0. The monoisotopic (exact) mass is 829 g/mol. The summed E-state index contributed by atoms with van der Waals surface area (Å²) >= 11 is 0. The van der Waals surface area contributed by atoms with E-state index in [0.717, 1.165) is 0 Å². The molecule has 0 radical (unpaired) electrons. The van der Waals surface area contributed by atoms with E-state index < -0.39 is 344 Å². The molecular weight excluding hydrogens is 741 g/mol. The Labute approximate surface area is 419 Å². The highest BCUT2D eigenvalue weighted by Crippen LogP contribution is 2.62. The van der Waals surface area contributed by atoms with Crippen molar-refractivity contribution in [3.05, 3.63) is 216 Å². The van der Waals surface area contributed by atoms with Crippen LogP contribution in [0.5, 0.6) is 11.5 Å². The number of rotatable bonds is 5. The lowest BCUT2D eigenvalue weighted by Crippen LogP contribution is -2.33. The summed E-state index contributed by atoms with van der Waals surface area (Å²) in [4.78, 5) is 0.500. The molecule has 0 spiro atoms. The van der Waals surface area contributed by atoms with Crippen LogP contribution >= 0.6 is 0 Å². The van der Waals surface area contributed by atoms with E-state index in [1.54, 1.807) is 0 Å². The molecular formula is C58H44N2O. The van der Waals surface area contributed by atoms with Gasteiger partial charge in [0.15, 0.2) is 11.5 Å². The SMILES string of the molecule is [2H]c1c([2H])c([2H])c(-c2c([2H])c([2H])c(N(c3c([2H])c([2H])c(-c4c([2H])c([2H])c([2H])c5c4C(C([2H])([2H])[2H])(C([2H])([2H])[2H])c4c([2H])c([2H])c([2H])c6c4N5c4c(c([2H])c([2H])c5c([2H])c([2H])c([2H])c([2H])c45)O6)c([2H])c3[2H])c3c([2H])c([2H])c4c(c3[2H])C(C([2H])([2H])[2H])(C([2H])([2H])[2H])c3c([2H])c([2H])c([2H])c([2H])c3-4)c([2H])c2[2H])c([2H])c1[2H]. The minimum atomic E-state index is -4.36. The van der Waals surface area contributed by atoms with Gasteiger partial charge < -0.3 is 14.5 Å². The first-order valence-electron chi connectivity index (χ1n) is 39.7. The fraction of sp³-hybridized carbons (Fsp3) is 0.103. The maximum absolute atomic E-state index is 10.2. The van der Waals surface area contributed by atoms with Gasteiger partial charge in [-0.3, -0.25) is 0 Å². The largest absolute Gasteiger partial charge is 0.453 e. The Morgan fingerprint density at radius 1 is 0.459 bits per heavy atom. The van der Waals surface area contributed by atoms with E-state index in [1.807, 2.05) is 0 Å². The highest BCUT2D eigenvalue weighted by molar-refractivity contribution is 6.06. The predicted molar refractivity (Wildman–Crippen MR) is 254 cm³/mol. The average molecular weight is 829 g/mol. The molecule has 3 aliphatic rings. The van der Waals surface area contributed by atoms with E-state index >= 15 is 0 Å². The number of para-hydroxylation sites is 1. The molecule has 12 rings (SSSR count). The Balaban J connectivity index is 1.32. The Morgan fingerprint density at radius 2 is 1.08 bits per heavy atom. The summed E-state index contributed by atoms with van der Waals surface area (Å²) in [5.74, 6) is -2.10. The molecule has 0 aromatic heterocycles. The molecule has 292 valence electrons. The zero-order valence-electron chi connectivity index (χ0n) is 74.3. The number of nitrogens with zero attached hydrogens (tertiary/aromatic N) is 2. The fourth-order valence-electron chi connectivity index (χ4n) is 7.46. The van der Waals surface area contributed by atoms with Gasteiger partial charge in [0.2, 0.25) is 0 Å². The first-order valence-corrected chi connectivity index (χ1v) is 17.7. The molecule has 0 fully saturated rings. The minimum absolute atomic E-state index is 0.0220. The molecule has 2 heterocycles. The molecule has 0 atom stereocenters. The number of anilines is 6. The molecule has 0 saturated carbocycles. The Morgan fingerprint density at radius 3 is 1.89 bits per heavy atom. The average Bonchev–Trinajstić information content (AvgIpc) is 1.59. The lowest BCUT2D eigenvalue weighted by atomic mass is 9.70. The zero-order valence-corrected chi connectivity index (χ0v) is 30.3. The summed E-state index contributed by atoms with van der Waals surface area (Å²) in [5, 5.41) is -1.66. The van der Waals surface area contributed by atoms with Crippen LogP contribution in [-0.2, 0) is 10.8 Å². The zero-order chi connectivity index (χ0) is 78.9. The summed E-state index contributed by atoms with van der Waals surface area (Å²) < 4.78 is 414. The number of ether oxygens (including phenoxy) is 1. The normalized spacial score (nSPS) is 25.7. The highest BCUT2D eigenvalue weighted by atomic mass is 16.5. The standard InChI is InChI=1S/C58H44N2O/c1-57(2)48-20-11-10-18-46(48)47-34-33-43(36-50(47)57)59(41-29-24-38(25-30-41)37-14-6-5-7-15-37)42-31-26-40(27-32-42)44-19-12-22-51-54(44)58(3,4)49-21-13-23-52-56(49)60(51)55-45-17-9-8-16-39(45)28-35-53(55)61-52/h5-36H,1-4H3/i1D3,2D3,3D3,4D3,5D,6D,7D,8D,9D,10D,11D,12D,13D,14D,15D,16D,17D,18D,19D,20D,21D,22D,23D,24D,25D,26D,27D,28D,29D,30D,31D,32D,33D,34D,35D,36D. The van der Waals surface area contributed by atoms with Gasteiger partial charge in [-0.15, -0.1) is 0 Å². The van der Waals surface area contributed by atoms with E-state index in [1.165, 1.54) is 0 Å². The minimum Gasteiger partial charge on any atom is -0.453 e. The van der Waals surface area contributed by atoms with Crippen molar-refractivity contribution in [1.82, 2.24) is 0 Å². The lowest BCUT2D eigenvalue weighted by Gasteiger charge is -2.46. The quantitative estimate of drug-likeness (QED) is 0.172. The molecule has 61 heavy (non-hydrogen) atoms. The van der Waals surface area contributed by atoms with Gasteiger partial charge in [-0.2, -0.15) is 0 Å². The Hall–Kier alpha value is -7.36. The molecule has 0 unspecified atom stereocenters. The van der Waals surface area contributed by atoms with Crippen LogP contribution in [0.4, 0.5) is 34.1 Å². The summed E-state index contributed by atoms with van der Waals surface area (Å²) in [6, 6.07) is -43.0. The highest BCUT2D eigenvalue weighted by Gasteiger charge is 2.43. The molecule has 9 aromatic rings. The topological polar surface area (TPSA) is 15.7 Å². The van der Waals surface area contributed by atoms with Gasteiger partial charge in [0, 0.05) is 49.7 Å². The van der Waals surface area contributed by atoms with E-state index in [0.29, 0.717) is 4.90 Å². The Bertz CT molecular complexity index is 5450. The molecule has 9 aromatic carbocycles. The van der Waals surface area contributed by atoms with Crippen LogP contribution in [0.2, 0.25) is 0 Å². The van der Waals surface area contributed by atoms with Crippen molar-refractivity contribution < 1.29 is 65.1 Å². The van der Waals surface area contributed by atoms with Crippen LogP contribution in [-0.4, -0.2) is 0 Å². The molecule has 3 heteroatoms. The summed E-state index contributed by atoms with van der Waals surface area (Å²) in [6.45, 7) is -17.1. The van der Waals surface area contributed by atoms with Crippen LogP contribution in [0.15, 0.2) is 193 Å². The fourth-order valence-corrected chi connectivity index (χ4v) is 7.46. The van der Waals surface area contributed by atoms with E-state index in [9.17, 15) is 31.5 Å². The van der Waals surface area contributed by atoms with Crippen molar-refractivity contribution in [2.45, 2.75) is 38.2 Å². The molecule has 0 amide bonds. The van der Waals surface area contributed by atoms with Crippen molar-refractivity contribution in [3.8, 4) is 44.9 Å². The van der Waals surface area contributed by atoms with Gasteiger partial charge in [0.1, 0.15) is 0 Å². The number of hydrogen-bond acceptors (Lipinski definition) is 3. The van der Waals surface area contributed by atoms with Crippen molar-refractivity contribution in [2.24, 2.45) is 0 Å². The van der Waals surface area contributed by atoms with E-state index in [-0.39, 0.29) is 4.90 Å². The summed E-state index contributed by atoms with van der Waals surface area (Å²) in [6.07, 6.45) is 0. The van der Waals surface area contributed by atoms with Crippen molar-refractivity contribution in [2.75, 3.05) is 9.80 Å². The molecule has 0 N–H and O–H groups in total. The van der Waals surface area contributed by atoms with Crippen LogP contribution in [0, 0.1) is 0 Å². The van der Waals surface area contributed by atoms with Gasteiger partial charge in [-0.1, -0.05) is 166 Å². The van der Waals surface area contributed by atoms with Crippen LogP contribution in [0.3, 0.4) is 0 Å². The van der Waals surface area contributed by atoms with Crippen LogP contribution < -0.4 is 14.5 Å². The third-order valence-electron chi connectivity index (χ3n) is 10.1. The third-order valence-corrected chi connectivity index (χ3v) is 10.1. The maximum Gasteiger partial charge on any atom is 0.152 e. The molecule has 0 saturated heterocycles. The van der Waals surface area contributed by atoms with Gasteiger partial charge in [0.05, 0.1) is 60.9 Å². The molecule has 1 aliphatic carbocycles. The van der Waals surface area contributed by atoms with Gasteiger partial charge >= 0.3 is 0 Å². The maximum atomic E-state index is 10.2. The van der Waals surface area contributed by atoms with Crippen LogP contribution in [0.25, 0.3) is 44.2 Å². The summed E-state index contributed by atoms with van der Waals surface area (Å²) in [5.41, 5.74) is -29.4. The van der Waals surface area contributed by atoms with Crippen molar-refractivity contribution >= 4 is 44.9 Å².